The number of nitrogens with zero attached hydrogens (tertiary/aromatic N) is 2. The average molecular weight is 388 g/mol. The van der Waals surface area contributed by atoms with Crippen LogP contribution in [0, 0.1) is 0 Å². The van der Waals surface area contributed by atoms with Crippen molar-refractivity contribution in [3.8, 4) is 0 Å². The second-order valence-corrected chi connectivity index (χ2v) is 7.49. The first-order valence-corrected chi connectivity index (χ1v) is 9.16. The summed E-state index contributed by atoms with van der Waals surface area (Å²) in [7, 11) is 0. The maximum absolute atomic E-state index is 12.6. The first-order chi connectivity index (χ1) is 11.2. The van der Waals surface area contributed by atoms with Gasteiger partial charge in [-0.25, -0.2) is 9.97 Å². The van der Waals surface area contributed by atoms with Crippen molar-refractivity contribution in [1.29, 1.82) is 0 Å². The Bertz CT molecular complexity index is 906. The Morgan fingerprint density at radius 1 is 1.17 bits per heavy atom. The molecule has 0 atom stereocenters. The van der Waals surface area contributed by atoms with E-state index in [1.54, 1.807) is 17.4 Å². The quantitative estimate of drug-likeness (QED) is 0.699. The van der Waals surface area contributed by atoms with Crippen LogP contribution in [0.15, 0.2) is 35.1 Å². The first kappa shape index (κ1) is 14.8. The van der Waals surface area contributed by atoms with E-state index in [1.165, 1.54) is 29.6 Å². The lowest BCUT2D eigenvalue weighted by molar-refractivity contribution is 0.102. The van der Waals surface area contributed by atoms with Gasteiger partial charge in [-0.2, -0.15) is 0 Å². The van der Waals surface area contributed by atoms with E-state index in [2.05, 4.69) is 31.2 Å². The number of nitrogens with one attached hydrogen (secondary N) is 1. The third-order valence-corrected chi connectivity index (χ3v) is 5.99. The molecule has 0 fully saturated rings. The third-order valence-electron chi connectivity index (χ3n) is 4.10. The molecule has 1 aliphatic carbocycles. The summed E-state index contributed by atoms with van der Waals surface area (Å²) in [5.74, 6) is 0.461. The van der Waals surface area contributed by atoms with Gasteiger partial charge in [0.1, 0.15) is 17.0 Å². The summed E-state index contributed by atoms with van der Waals surface area (Å²) in [6, 6.07) is 7.39. The van der Waals surface area contributed by atoms with Crippen molar-refractivity contribution in [2.24, 2.45) is 0 Å². The maximum atomic E-state index is 12.6. The lowest BCUT2D eigenvalue weighted by Gasteiger charge is -2.12. The number of rotatable bonds is 2. The largest absolute Gasteiger partial charge is 0.306 e. The number of carbonyl (C=O) groups excluding carboxylic acids is 1. The monoisotopic (exact) mass is 387 g/mol. The fourth-order valence-corrected chi connectivity index (χ4v) is 4.70. The molecule has 1 aromatic carbocycles. The van der Waals surface area contributed by atoms with Crippen molar-refractivity contribution in [2.45, 2.75) is 25.7 Å². The van der Waals surface area contributed by atoms with Gasteiger partial charge in [-0.05, 0) is 59.3 Å². The molecule has 0 aliphatic heterocycles. The predicted molar refractivity (Wildman–Crippen MR) is 96.2 cm³/mol. The van der Waals surface area contributed by atoms with E-state index < -0.39 is 0 Å². The van der Waals surface area contributed by atoms with Crippen LogP contribution in [0.3, 0.4) is 0 Å². The van der Waals surface area contributed by atoms with Crippen LogP contribution in [-0.4, -0.2) is 15.9 Å². The number of anilines is 1. The normalized spacial score (nSPS) is 13.8. The van der Waals surface area contributed by atoms with Gasteiger partial charge in [0.2, 0.25) is 0 Å². The highest BCUT2D eigenvalue weighted by atomic mass is 79.9. The molecule has 0 spiro atoms. The Hall–Kier alpha value is -1.79. The van der Waals surface area contributed by atoms with Crippen molar-refractivity contribution < 1.29 is 4.79 Å². The number of halogens is 1. The lowest BCUT2D eigenvalue weighted by atomic mass is 9.97. The number of carbonyl (C=O) groups is 1. The number of aromatic nitrogens is 2. The van der Waals surface area contributed by atoms with Gasteiger partial charge in [0.25, 0.3) is 5.91 Å². The smallest absolute Gasteiger partial charge is 0.257 e. The topological polar surface area (TPSA) is 54.9 Å². The van der Waals surface area contributed by atoms with Gasteiger partial charge < -0.3 is 5.32 Å². The second-order valence-electron chi connectivity index (χ2n) is 5.55. The summed E-state index contributed by atoms with van der Waals surface area (Å²) in [5, 5.41) is 3.99. The number of hydrogen-bond acceptors (Lipinski definition) is 4. The second kappa shape index (κ2) is 6.02. The number of aryl methyl sites for hydroxylation is 2. The van der Waals surface area contributed by atoms with Crippen molar-refractivity contribution in [3.63, 3.8) is 0 Å². The molecule has 2 aromatic heterocycles. The molecule has 0 radical (unpaired) electrons. The molecule has 0 saturated heterocycles. The predicted octanol–water partition coefficient (Wildman–Crippen LogP) is 4.58. The van der Waals surface area contributed by atoms with Crippen LogP contribution < -0.4 is 5.32 Å². The molecule has 0 saturated carbocycles. The zero-order valence-corrected chi connectivity index (χ0v) is 14.7. The van der Waals surface area contributed by atoms with Gasteiger partial charge >= 0.3 is 0 Å². The van der Waals surface area contributed by atoms with Gasteiger partial charge in [0.15, 0.2) is 0 Å². The van der Waals surface area contributed by atoms with E-state index in [0.29, 0.717) is 11.4 Å². The average Bonchev–Trinajstić information content (AvgIpc) is 2.94. The molecule has 1 N–H and O–H groups in total. The fourth-order valence-electron chi connectivity index (χ4n) is 3.01. The number of hydrogen-bond donors (Lipinski definition) is 1. The lowest BCUT2D eigenvalue weighted by Crippen LogP contribution is -2.14. The van der Waals surface area contributed by atoms with Crippen LogP contribution in [0.25, 0.3) is 10.2 Å². The van der Waals surface area contributed by atoms with E-state index in [9.17, 15) is 4.79 Å². The maximum Gasteiger partial charge on any atom is 0.257 e. The van der Waals surface area contributed by atoms with Crippen LogP contribution in [0.1, 0.15) is 33.6 Å². The minimum atomic E-state index is -0.159. The van der Waals surface area contributed by atoms with E-state index >= 15 is 0 Å². The van der Waals surface area contributed by atoms with Crippen LogP contribution in [0.5, 0.6) is 0 Å². The number of thiophene rings is 1. The zero-order chi connectivity index (χ0) is 15.8. The van der Waals surface area contributed by atoms with E-state index in [-0.39, 0.29) is 5.91 Å². The first-order valence-electron chi connectivity index (χ1n) is 7.55. The van der Waals surface area contributed by atoms with Gasteiger partial charge in [-0.3, -0.25) is 4.79 Å². The van der Waals surface area contributed by atoms with Gasteiger partial charge in [-0.1, -0.05) is 12.1 Å². The van der Waals surface area contributed by atoms with Gasteiger partial charge in [-0.15, -0.1) is 11.3 Å². The fraction of sp³-hybridized carbons (Fsp3) is 0.235. The molecule has 4 rings (SSSR count). The molecule has 3 aromatic rings. The zero-order valence-electron chi connectivity index (χ0n) is 12.3. The molecule has 1 aliphatic rings. The van der Waals surface area contributed by atoms with Crippen molar-refractivity contribution in [2.75, 3.05) is 5.32 Å². The highest BCUT2D eigenvalue weighted by Crippen LogP contribution is 2.38. The number of amides is 1. The molecule has 0 bridgehead atoms. The van der Waals surface area contributed by atoms with Gasteiger partial charge in [0, 0.05) is 9.35 Å². The Morgan fingerprint density at radius 3 is 2.87 bits per heavy atom. The van der Waals surface area contributed by atoms with E-state index in [1.807, 2.05) is 18.2 Å². The SMILES string of the molecule is O=C(Nc1ncnc2sc3c(c12)CCCC3)c1ccccc1Br. The van der Waals surface area contributed by atoms with E-state index in [0.717, 1.165) is 27.5 Å². The van der Waals surface area contributed by atoms with Crippen LogP contribution >= 0.6 is 27.3 Å². The van der Waals surface area contributed by atoms with E-state index in [4.69, 9.17) is 0 Å². The van der Waals surface area contributed by atoms with Crippen molar-refractivity contribution in [3.05, 3.63) is 51.1 Å². The molecule has 6 heteroatoms. The molecule has 116 valence electrons. The van der Waals surface area contributed by atoms with Crippen molar-refractivity contribution >= 4 is 49.2 Å². The Labute approximate surface area is 146 Å². The number of benzene rings is 1. The highest BCUT2D eigenvalue weighted by molar-refractivity contribution is 9.10. The molecule has 2 heterocycles. The van der Waals surface area contributed by atoms with Crippen LogP contribution in [-0.2, 0) is 12.8 Å². The molecule has 0 unspecified atom stereocenters. The summed E-state index contributed by atoms with van der Waals surface area (Å²) in [6.45, 7) is 0. The summed E-state index contributed by atoms with van der Waals surface area (Å²) >= 11 is 5.15. The van der Waals surface area contributed by atoms with Crippen LogP contribution in [0.4, 0.5) is 5.82 Å². The molecular formula is C17H14BrN3OS. The molecule has 4 nitrogen and oxygen atoms in total. The summed E-state index contributed by atoms with van der Waals surface area (Å²) in [5.41, 5.74) is 1.92. The van der Waals surface area contributed by atoms with Crippen molar-refractivity contribution in [1.82, 2.24) is 9.97 Å². The van der Waals surface area contributed by atoms with Gasteiger partial charge in [0.05, 0.1) is 10.9 Å². The number of fused-ring (bicyclic) bond motifs is 3. The van der Waals surface area contributed by atoms with Crippen LogP contribution in [0.2, 0.25) is 0 Å². The molecule has 23 heavy (non-hydrogen) atoms. The Morgan fingerprint density at radius 2 is 2.00 bits per heavy atom. The molecular weight excluding hydrogens is 374 g/mol. The Kier molecular flexibility index (Phi) is 3.87. The Balaban J connectivity index is 1.76. The summed E-state index contributed by atoms with van der Waals surface area (Å²) in [4.78, 5) is 23.7. The molecule has 1 amide bonds. The summed E-state index contributed by atoms with van der Waals surface area (Å²) < 4.78 is 0.773. The minimum absolute atomic E-state index is 0.159. The highest BCUT2D eigenvalue weighted by Gasteiger charge is 2.21. The minimum Gasteiger partial charge on any atom is -0.306 e. The standard InChI is InChI=1S/C17H14BrN3OS/c18-12-7-3-1-5-10(12)16(22)21-15-14-11-6-2-4-8-13(11)23-17(14)20-9-19-15/h1,3,5,7,9H,2,4,6,8H2,(H,19,20,21,22). The summed E-state index contributed by atoms with van der Waals surface area (Å²) in [6.07, 6.45) is 6.09. The third kappa shape index (κ3) is 2.66.